The first kappa shape index (κ1) is 12.9. The van der Waals surface area contributed by atoms with Crippen LogP contribution in [0.15, 0.2) is 36.4 Å². The molecule has 3 nitrogen and oxygen atoms in total. The third-order valence-electron chi connectivity index (χ3n) is 2.75. The maximum Gasteiger partial charge on any atom is 0.160 e. The Morgan fingerprint density at radius 1 is 1.28 bits per heavy atom. The average Bonchev–Trinajstić information content (AvgIpc) is 2.79. The molecule has 3 N–H and O–H groups in total. The Hall–Kier alpha value is -1.52. The lowest BCUT2D eigenvalue weighted by Crippen LogP contribution is -2.18. The van der Waals surface area contributed by atoms with Gasteiger partial charge in [-0.2, -0.15) is 0 Å². The Labute approximate surface area is 111 Å². The molecule has 18 heavy (non-hydrogen) atoms. The summed E-state index contributed by atoms with van der Waals surface area (Å²) in [6, 6.07) is 11.1. The summed E-state index contributed by atoms with van der Waals surface area (Å²) < 4.78 is 5.63. The Morgan fingerprint density at radius 3 is 2.67 bits per heavy atom. The Kier molecular flexibility index (Phi) is 4.23. The second-order valence-electron chi connectivity index (χ2n) is 4.16. The fourth-order valence-electron chi connectivity index (χ4n) is 1.71. The van der Waals surface area contributed by atoms with Crippen molar-refractivity contribution >= 4 is 11.3 Å². The van der Waals surface area contributed by atoms with Crippen LogP contribution in [0.3, 0.4) is 0 Å². The summed E-state index contributed by atoms with van der Waals surface area (Å²) in [6.07, 6.45) is 0. The minimum atomic E-state index is 0.163. The molecule has 1 aromatic carbocycles. The third-order valence-corrected chi connectivity index (χ3v) is 3.92. The van der Waals surface area contributed by atoms with E-state index >= 15 is 0 Å². The summed E-state index contributed by atoms with van der Waals surface area (Å²) in [4.78, 5) is 2.50. The van der Waals surface area contributed by atoms with E-state index in [1.807, 2.05) is 6.07 Å². The van der Waals surface area contributed by atoms with Crippen LogP contribution < -0.4 is 10.5 Å². The van der Waals surface area contributed by atoms with E-state index in [1.165, 1.54) is 9.75 Å². The standard InChI is InChI=1S/C14H17NO2S/c1-10-6-7-14(18-10)11(8-15)9-17-13-5-3-2-4-12(13)16/h2-7,11,16H,8-9,15H2,1H3. The highest BCUT2D eigenvalue weighted by Crippen LogP contribution is 2.28. The minimum absolute atomic E-state index is 0.163. The van der Waals surface area contributed by atoms with Crippen LogP contribution in [0.5, 0.6) is 11.5 Å². The highest BCUT2D eigenvalue weighted by Gasteiger charge is 2.13. The third kappa shape index (κ3) is 3.03. The van der Waals surface area contributed by atoms with Gasteiger partial charge in [0.25, 0.3) is 0 Å². The molecule has 96 valence electrons. The van der Waals surface area contributed by atoms with E-state index in [-0.39, 0.29) is 11.7 Å². The zero-order chi connectivity index (χ0) is 13.0. The SMILES string of the molecule is Cc1ccc(C(CN)COc2ccccc2O)s1. The van der Waals surface area contributed by atoms with E-state index in [4.69, 9.17) is 10.5 Å². The van der Waals surface area contributed by atoms with Gasteiger partial charge in [-0.05, 0) is 31.2 Å². The molecule has 0 radical (unpaired) electrons. The largest absolute Gasteiger partial charge is 0.504 e. The van der Waals surface area contributed by atoms with E-state index in [0.29, 0.717) is 18.9 Å². The molecular formula is C14H17NO2S. The molecule has 1 atom stereocenters. The zero-order valence-electron chi connectivity index (χ0n) is 10.3. The quantitative estimate of drug-likeness (QED) is 0.872. The number of ether oxygens (including phenoxy) is 1. The predicted octanol–water partition coefficient (Wildman–Crippen LogP) is 2.88. The van der Waals surface area contributed by atoms with Gasteiger partial charge in [0.15, 0.2) is 11.5 Å². The monoisotopic (exact) mass is 263 g/mol. The van der Waals surface area contributed by atoms with Crippen molar-refractivity contribution in [3.05, 3.63) is 46.2 Å². The molecular weight excluding hydrogens is 246 g/mol. The Balaban J connectivity index is 2.02. The van der Waals surface area contributed by atoms with Crippen molar-refractivity contribution in [2.24, 2.45) is 5.73 Å². The van der Waals surface area contributed by atoms with Crippen molar-refractivity contribution in [2.45, 2.75) is 12.8 Å². The Morgan fingerprint density at radius 2 is 2.06 bits per heavy atom. The van der Waals surface area contributed by atoms with E-state index in [2.05, 4.69) is 19.1 Å². The maximum absolute atomic E-state index is 9.62. The number of benzene rings is 1. The molecule has 0 fully saturated rings. The average molecular weight is 263 g/mol. The molecule has 1 unspecified atom stereocenters. The number of nitrogens with two attached hydrogens (primary N) is 1. The topological polar surface area (TPSA) is 55.5 Å². The molecule has 0 aliphatic carbocycles. The molecule has 1 heterocycles. The van der Waals surface area contributed by atoms with Crippen molar-refractivity contribution in [3.8, 4) is 11.5 Å². The normalized spacial score (nSPS) is 12.3. The van der Waals surface area contributed by atoms with Crippen LogP contribution in [0.25, 0.3) is 0 Å². The fourth-order valence-corrected chi connectivity index (χ4v) is 2.68. The number of hydrogen-bond donors (Lipinski definition) is 2. The fraction of sp³-hybridized carbons (Fsp3) is 0.286. The van der Waals surface area contributed by atoms with Gasteiger partial charge in [0.1, 0.15) is 0 Å². The van der Waals surface area contributed by atoms with Crippen LogP contribution in [-0.4, -0.2) is 18.3 Å². The first-order valence-corrected chi connectivity index (χ1v) is 6.69. The van der Waals surface area contributed by atoms with Crippen LogP contribution in [0.4, 0.5) is 0 Å². The number of aromatic hydroxyl groups is 1. The molecule has 2 aromatic rings. The first-order valence-electron chi connectivity index (χ1n) is 5.88. The molecule has 4 heteroatoms. The van der Waals surface area contributed by atoms with Gasteiger partial charge in [0, 0.05) is 22.2 Å². The van der Waals surface area contributed by atoms with Crippen molar-refractivity contribution < 1.29 is 9.84 Å². The number of rotatable bonds is 5. The number of phenols is 1. The number of thiophene rings is 1. The zero-order valence-corrected chi connectivity index (χ0v) is 11.1. The van der Waals surface area contributed by atoms with E-state index < -0.39 is 0 Å². The summed E-state index contributed by atoms with van der Waals surface area (Å²) in [6.45, 7) is 3.09. The van der Waals surface area contributed by atoms with Gasteiger partial charge in [-0.15, -0.1) is 11.3 Å². The smallest absolute Gasteiger partial charge is 0.160 e. The van der Waals surface area contributed by atoms with Crippen molar-refractivity contribution in [1.29, 1.82) is 0 Å². The summed E-state index contributed by atoms with van der Waals surface area (Å²) in [5, 5.41) is 9.62. The van der Waals surface area contributed by atoms with Gasteiger partial charge < -0.3 is 15.6 Å². The maximum atomic E-state index is 9.62. The van der Waals surface area contributed by atoms with Gasteiger partial charge in [-0.1, -0.05) is 12.1 Å². The van der Waals surface area contributed by atoms with Crippen LogP contribution in [0, 0.1) is 6.92 Å². The predicted molar refractivity (Wildman–Crippen MR) is 74.5 cm³/mol. The van der Waals surface area contributed by atoms with Crippen LogP contribution >= 0.6 is 11.3 Å². The summed E-state index contributed by atoms with van der Waals surface area (Å²) in [5.74, 6) is 0.836. The second kappa shape index (κ2) is 5.89. The molecule has 0 bridgehead atoms. The number of para-hydroxylation sites is 2. The summed E-state index contributed by atoms with van der Waals surface area (Å²) >= 11 is 1.74. The van der Waals surface area contributed by atoms with Crippen molar-refractivity contribution in [1.82, 2.24) is 0 Å². The molecule has 0 saturated heterocycles. The molecule has 0 amide bonds. The number of hydrogen-bond acceptors (Lipinski definition) is 4. The number of aryl methyl sites for hydroxylation is 1. The summed E-state index contributed by atoms with van der Waals surface area (Å²) in [5.41, 5.74) is 5.78. The Bertz CT molecular complexity index is 510. The van der Waals surface area contributed by atoms with E-state index in [0.717, 1.165) is 0 Å². The molecule has 1 aromatic heterocycles. The van der Waals surface area contributed by atoms with Crippen LogP contribution in [0.2, 0.25) is 0 Å². The van der Waals surface area contributed by atoms with Crippen molar-refractivity contribution in [2.75, 3.05) is 13.2 Å². The van der Waals surface area contributed by atoms with Crippen LogP contribution in [-0.2, 0) is 0 Å². The van der Waals surface area contributed by atoms with Crippen molar-refractivity contribution in [3.63, 3.8) is 0 Å². The molecule has 0 spiro atoms. The van der Waals surface area contributed by atoms with E-state index in [9.17, 15) is 5.11 Å². The van der Waals surface area contributed by atoms with Gasteiger partial charge in [-0.3, -0.25) is 0 Å². The number of phenolic OH excluding ortho intramolecular Hbond substituents is 1. The lowest BCUT2D eigenvalue weighted by molar-refractivity contribution is 0.278. The second-order valence-corrected chi connectivity index (χ2v) is 5.48. The highest BCUT2D eigenvalue weighted by atomic mass is 32.1. The lowest BCUT2D eigenvalue weighted by Gasteiger charge is -2.15. The van der Waals surface area contributed by atoms with Gasteiger partial charge in [0.2, 0.25) is 0 Å². The minimum Gasteiger partial charge on any atom is -0.504 e. The summed E-state index contributed by atoms with van der Waals surface area (Å²) in [7, 11) is 0. The molecule has 0 aliphatic rings. The molecule has 0 saturated carbocycles. The van der Waals surface area contributed by atoms with Crippen LogP contribution in [0.1, 0.15) is 15.7 Å². The van der Waals surface area contributed by atoms with E-state index in [1.54, 1.807) is 29.5 Å². The highest BCUT2D eigenvalue weighted by molar-refractivity contribution is 7.12. The van der Waals surface area contributed by atoms with Gasteiger partial charge >= 0.3 is 0 Å². The lowest BCUT2D eigenvalue weighted by atomic mass is 10.1. The van der Waals surface area contributed by atoms with Gasteiger partial charge in [0.05, 0.1) is 6.61 Å². The first-order chi connectivity index (χ1) is 8.70. The molecule has 0 aliphatic heterocycles. The van der Waals surface area contributed by atoms with Gasteiger partial charge in [-0.25, -0.2) is 0 Å². The molecule has 2 rings (SSSR count).